The molecule has 2 heterocycles. The van der Waals surface area contributed by atoms with Crippen LogP contribution >= 0.6 is 23.5 Å². The molecule has 0 unspecified atom stereocenters. The number of hydrogen-bond donors (Lipinski definition) is 1. The molecule has 3 aromatic rings. The first-order chi connectivity index (χ1) is 15.7. The van der Waals surface area contributed by atoms with Crippen molar-refractivity contribution in [2.24, 2.45) is 0 Å². The van der Waals surface area contributed by atoms with Gasteiger partial charge in [0.15, 0.2) is 10.3 Å². The summed E-state index contributed by atoms with van der Waals surface area (Å²) in [5.41, 5.74) is 3.76. The topological polar surface area (TPSA) is 85.6 Å². The smallest absolute Gasteiger partial charge is 0.234 e. The van der Waals surface area contributed by atoms with E-state index in [1.807, 2.05) is 48.7 Å². The van der Waals surface area contributed by atoms with Crippen molar-refractivity contribution in [1.29, 1.82) is 0 Å². The van der Waals surface area contributed by atoms with E-state index in [0.717, 1.165) is 28.5 Å². The molecule has 3 rings (SSSR count). The van der Waals surface area contributed by atoms with E-state index >= 15 is 0 Å². The predicted molar refractivity (Wildman–Crippen MR) is 136 cm³/mol. The molecule has 33 heavy (non-hydrogen) atoms. The number of benzene rings is 1. The number of carbonyl (C=O) groups excluding carboxylic acids is 1. The van der Waals surface area contributed by atoms with E-state index in [1.165, 1.54) is 23.5 Å². The van der Waals surface area contributed by atoms with E-state index < -0.39 is 0 Å². The van der Waals surface area contributed by atoms with Crippen molar-refractivity contribution in [3.8, 4) is 0 Å². The molecule has 0 radical (unpaired) electrons. The summed E-state index contributed by atoms with van der Waals surface area (Å²) in [7, 11) is 0. The number of nitrogens with zero attached hydrogens (tertiary/aromatic N) is 5. The van der Waals surface area contributed by atoms with Crippen molar-refractivity contribution in [2.45, 2.75) is 62.6 Å². The first kappa shape index (κ1) is 25.0. The van der Waals surface area contributed by atoms with Gasteiger partial charge in [0.25, 0.3) is 0 Å². The standard InChI is InChI=1S/C24H30N6OS2/c1-7-12-30-20(14-32-22-25-16(2)13-17(3)26-22)28-29-23(30)33-15-21(31)27-19-11-9-8-10-18(19)24(4,5)6/h7-11,13H,1,12,14-15H2,2-6H3,(H,27,31). The first-order valence-corrected chi connectivity index (χ1v) is 12.6. The number of aromatic nitrogens is 5. The summed E-state index contributed by atoms with van der Waals surface area (Å²) in [6.45, 7) is 14.7. The second kappa shape index (κ2) is 11.0. The van der Waals surface area contributed by atoms with E-state index in [1.54, 1.807) is 6.08 Å². The van der Waals surface area contributed by atoms with Gasteiger partial charge in [-0.1, -0.05) is 68.6 Å². The second-order valence-corrected chi connectivity index (χ2v) is 10.5. The normalized spacial score (nSPS) is 11.4. The highest BCUT2D eigenvalue weighted by Gasteiger charge is 2.19. The quantitative estimate of drug-likeness (QED) is 0.255. The van der Waals surface area contributed by atoms with Crippen molar-refractivity contribution in [2.75, 3.05) is 11.1 Å². The molecule has 7 nitrogen and oxygen atoms in total. The van der Waals surface area contributed by atoms with Crippen molar-refractivity contribution < 1.29 is 4.79 Å². The van der Waals surface area contributed by atoms with Crippen LogP contribution in [0.25, 0.3) is 0 Å². The highest BCUT2D eigenvalue weighted by Crippen LogP contribution is 2.29. The zero-order chi connectivity index (χ0) is 24.0. The maximum absolute atomic E-state index is 12.7. The predicted octanol–water partition coefficient (Wildman–Crippen LogP) is 5.19. The highest BCUT2D eigenvalue weighted by atomic mass is 32.2. The Morgan fingerprint density at radius 1 is 1.12 bits per heavy atom. The minimum atomic E-state index is -0.0792. The Kier molecular flexibility index (Phi) is 8.31. The van der Waals surface area contributed by atoms with Crippen LogP contribution in [0.4, 0.5) is 5.69 Å². The molecule has 0 saturated heterocycles. The molecule has 0 spiro atoms. The molecule has 174 valence electrons. The Morgan fingerprint density at radius 2 is 1.82 bits per heavy atom. The van der Waals surface area contributed by atoms with E-state index in [2.05, 4.69) is 52.8 Å². The minimum Gasteiger partial charge on any atom is -0.325 e. The molecule has 9 heteroatoms. The summed E-state index contributed by atoms with van der Waals surface area (Å²) in [5, 5.41) is 13.1. The fourth-order valence-corrected chi connectivity index (χ4v) is 4.95. The molecular weight excluding hydrogens is 452 g/mol. The Balaban J connectivity index is 1.66. The third kappa shape index (κ3) is 6.91. The van der Waals surface area contributed by atoms with Gasteiger partial charge in [-0.3, -0.25) is 4.79 Å². The van der Waals surface area contributed by atoms with Gasteiger partial charge in [0.1, 0.15) is 5.82 Å². The fourth-order valence-electron chi connectivity index (χ4n) is 3.29. The zero-order valence-corrected chi connectivity index (χ0v) is 21.4. The van der Waals surface area contributed by atoms with Crippen LogP contribution in [0.15, 0.2) is 53.3 Å². The van der Waals surface area contributed by atoms with Gasteiger partial charge >= 0.3 is 0 Å². The third-order valence-corrected chi connectivity index (χ3v) is 6.55. The molecule has 0 fully saturated rings. The van der Waals surface area contributed by atoms with Crippen LogP contribution in [0.5, 0.6) is 0 Å². The highest BCUT2D eigenvalue weighted by molar-refractivity contribution is 7.99. The second-order valence-electron chi connectivity index (χ2n) is 8.65. The molecule has 0 aliphatic heterocycles. The lowest BCUT2D eigenvalue weighted by molar-refractivity contribution is -0.113. The number of thioether (sulfide) groups is 2. The molecule has 0 atom stereocenters. The Morgan fingerprint density at radius 3 is 2.48 bits per heavy atom. The number of para-hydroxylation sites is 1. The van der Waals surface area contributed by atoms with Gasteiger partial charge < -0.3 is 9.88 Å². The fraction of sp³-hybridized carbons (Fsp3) is 0.375. The maximum atomic E-state index is 12.7. The van der Waals surface area contributed by atoms with Crippen LogP contribution < -0.4 is 5.32 Å². The summed E-state index contributed by atoms with van der Waals surface area (Å²) in [6.07, 6.45) is 1.80. The Labute approximate surface area is 203 Å². The van der Waals surface area contributed by atoms with Gasteiger partial charge in [-0.05, 0) is 37.0 Å². The monoisotopic (exact) mass is 482 g/mol. The molecule has 1 N–H and O–H groups in total. The van der Waals surface area contributed by atoms with Crippen molar-refractivity contribution in [3.05, 3.63) is 65.8 Å². The largest absolute Gasteiger partial charge is 0.325 e. The van der Waals surface area contributed by atoms with Crippen molar-refractivity contribution in [3.63, 3.8) is 0 Å². The molecule has 0 bridgehead atoms. The Hall–Kier alpha value is -2.65. The van der Waals surface area contributed by atoms with Crippen LogP contribution in [-0.2, 0) is 22.5 Å². The number of amides is 1. The Bertz CT molecular complexity index is 1120. The van der Waals surface area contributed by atoms with Crippen LogP contribution in [0.3, 0.4) is 0 Å². The van der Waals surface area contributed by atoms with Crippen LogP contribution in [0, 0.1) is 13.8 Å². The number of allylic oxidation sites excluding steroid dienone is 1. The van der Waals surface area contributed by atoms with E-state index in [0.29, 0.717) is 22.6 Å². The number of carbonyl (C=O) groups is 1. The molecule has 0 aliphatic carbocycles. The SMILES string of the molecule is C=CCn1c(CSc2nc(C)cc(C)n2)nnc1SCC(=O)Nc1ccccc1C(C)(C)C. The number of hydrogen-bond acceptors (Lipinski definition) is 7. The van der Waals surface area contributed by atoms with Crippen molar-refractivity contribution >= 4 is 35.1 Å². The van der Waals surface area contributed by atoms with Crippen LogP contribution in [0.1, 0.15) is 43.5 Å². The lowest BCUT2D eigenvalue weighted by atomic mass is 9.86. The van der Waals surface area contributed by atoms with Gasteiger partial charge in [0.05, 0.1) is 11.5 Å². The summed E-state index contributed by atoms with van der Waals surface area (Å²) in [5.74, 6) is 1.53. The van der Waals surface area contributed by atoms with Gasteiger partial charge in [-0.2, -0.15) is 0 Å². The third-order valence-electron chi connectivity index (χ3n) is 4.74. The minimum absolute atomic E-state index is 0.0622. The van der Waals surface area contributed by atoms with Gasteiger partial charge in [0.2, 0.25) is 5.91 Å². The van der Waals surface area contributed by atoms with Crippen LogP contribution in [-0.4, -0.2) is 36.4 Å². The van der Waals surface area contributed by atoms with Gasteiger partial charge in [-0.25, -0.2) is 9.97 Å². The summed E-state index contributed by atoms with van der Waals surface area (Å²) in [6, 6.07) is 9.86. The summed E-state index contributed by atoms with van der Waals surface area (Å²) >= 11 is 2.88. The zero-order valence-electron chi connectivity index (χ0n) is 19.8. The summed E-state index contributed by atoms with van der Waals surface area (Å²) in [4.78, 5) is 21.6. The summed E-state index contributed by atoms with van der Waals surface area (Å²) < 4.78 is 1.98. The molecule has 1 amide bonds. The molecule has 1 aromatic carbocycles. The number of aryl methyl sites for hydroxylation is 2. The lowest BCUT2D eigenvalue weighted by Gasteiger charge is -2.22. The van der Waals surface area contributed by atoms with E-state index in [4.69, 9.17) is 0 Å². The number of rotatable bonds is 9. The lowest BCUT2D eigenvalue weighted by Crippen LogP contribution is -2.20. The molecule has 0 aliphatic rings. The molecule has 0 saturated carbocycles. The van der Waals surface area contributed by atoms with Crippen LogP contribution in [0.2, 0.25) is 0 Å². The number of anilines is 1. The molecule has 2 aromatic heterocycles. The average molecular weight is 483 g/mol. The average Bonchev–Trinajstić information content (AvgIpc) is 3.11. The number of nitrogens with one attached hydrogen (secondary N) is 1. The van der Waals surface area contributed by atoms with Crippen molar-refractivity contribution in [1.82, 2.24) is 24.7 Å². The maximum Gasteiger partial charge on any atom is 0.234 e. The first-order valence-electron chi connectivity index (χ1n) is 10.7. The van der Waals surface area contributed by atoms with Gasteiger partial charge in [0, 0.05) is 23.6 Å². The van der Waals surface area contributed by atoms with E-state index in [-0.39, 0.29) is 17.1 Å². The van der Waals surface area contributed by atoms with Gasteiger partial charge in [-0.15, -0.1) is 16.8 Å². The van der Waals surface area contributed by atoms with E-state index in [9.17, 15) is 4.79 Å². The molecular formula is C24H30N6OS2.